The third-order valence-corrected chi connectivity index (χ3v) is 6.43. The number of sulfonamides is 1. The van der Waals surface area contributed by atoms with Crippen LogP contribution >= 0.6 is 0 Å². The van der Waals surface area contributed by atoms with Crippen molar-refractivity contribution in [3.8, 4) is 5.75 Å². The smallest absolute Gasteiger partial charge is 0.406 e. The van der Waals surface area contributed by atoms with E-state index in [9.17, 15) is 26.4 Å². The lowest BCUT2D eigenvalue weighted by Crippen LogP contribution is -2.50. The van der Waals surface area contributed by atoms with E-state index in [1.807, 2.05) is 6.92 Å². The van der Waals surface area contributed by atoms with E-state index < -0.39 is 22.1 Å². The molecule has 0 radical (unpaired) electrons. The third kappa shape index (κ3) is 5.07. The molecule has 29 heavy (non-hydrogen) atoms. The van der Waals surface area contributed by atoms with Gasteiger partial charge in [-0.2, -0.15) is 4.31 Å². The molecule has 2 aromatic rings. The molecule has 0 atom stereocenters. The second-order valence-corrected chi connectivity index (χ2v) is 8.52. The Bertz CT molecular complexity index is 966. The molecule has 1 heterocycles. The van der Waals surface area contributed by atoms with Gasteiger partial charge < -0.3 is 9.64 Å². The first-order chi connectivity index (χ1) is 13.6. The molecular weight excluding hydrogens is 409 g/mol. The molecule has 1 fully saturated rings. The molecule has 1 aliphatic rings. The number of ether oxygens (including phenoxy) is 1. The molecule has 0 saturated carbocycles. The summed E-state index contributed by atoms with van der Waals surface area (Å²) in [5.74, 6) is -0.793. The molecule has 0 bridgehead atoms. The van der Waals surface area contributed by atoms with E-state index in [2.05, 4.69) is 4.74 Å². The van der Waals surface area contributed by atoms with Gasteiger partial charge in [0, 0.05) is 31.7 Å². The number of aryl methyl sites for hydroxylation is 1. The van der Waals surface area contributed by atoms with Gasteiger partial charge in [-0.25, -0.2) is 8.42 Å². The van der Waals surface area contributed by atoms with Gasteiger partial charge in [0.15, 0.2) is 0 Å². The van der Waals surface area contributed by atoms with Crippen molar-refractivity contribution in [3.05, 3.63) is 59.7 Å². The van der Waals surface area contributed by atoms with Crippen LogP contribution in [0.2, 0.25) is 0 Å². The van der Waals surface area contributed by atoms with Gasteiger partial charge in [0.25, 0.3) is 5.91 Å². The highest BCUT2D eigenvalue weighted by Crippen LogP contribution is 2.24. The first-order valence-corrected chi connectivity index (χ1v) is 10.2. The molecule has 2 aromatic carbocycles. The minimum atomic E-state index is -4.80. The third-order valence-electron chi connectivity index (χ3n) is 4.52. The summed E-state index contributed by atoms with van der Waals surface area (Å²) in [5.41, 5.74) is 1.15. The Morgan fingerprint density at radius 1 is 0.931 bits per heavy atom. The lowest BCUT2D eigenvalue weighted by Gasteiger charge is -2.34. The molecular formula is C19H19F3N2O4S. The zero-order chi connectivity index (χ0) is 21.2. The second kappa shape index (κ2) is 8.03. The maximum absolute atomic E-state index is 12.7. The van der Waals surface area contributed by atoms with E-state index in [1.54, 1.807) is 24.3 Å². The molecule has 1 amide bonds. The number of halogens is 3. The van der Waals surface area contributed by atoms with Gasteiger partial charge in [-0.3, -0.25) is 4.79 Å². The minimum absolute atomic E-state index is 0.136. The summed E-state index contributed by atoms with van der Waals surface area (Å²) in [4.78, 5) is 14.2. The molecule has 0 aromatic heterocycles. The Morgan fingerprint density at radius 3 is 2.00 bits per heavy atom. The van der Waals surface area contributed by atoms with Crippen LogP contribution in [0.1, 0.15) is 15.9 Å². The zero-order valence-corrected chi connectivity index (χ0v) is 16.3. The van der Waals surface area contributed by atoms with Gasteiger partial charge in [0.1, 0.15) is 5.75 Å². The lowest BCUT2D eigenvalue weighted by molar-refractivity contribution is -0.274. The average Bonchev–Trinajstić information content (AvgIpc) is 2.67. The number of alkyl halides is 3. The predicted octanol–water partition coefficient (Wildman–Crippen LogP) is 3.04. The summed E-state index contributed by atoms with van der Waals surface area (Å²) >= 11 is 0. The first kappa shape index (κ1) is 21.1. The van der Waals surface area contributed by atoms with Crippen LogP contribution in [0, 0.1) is 6.92 Å². The SMILES string of the molecule is Cc1ccc(S(=O)(=O)N2CCN(C(=O)c3ccc(OC(F)(F)F)cc3)CC2)cc1. The molecule has 156 valence electrons. The van der Waals surface area contributed by atoms with Crippen molar-refractivity contribution in [2.24, 2.45) is 0 Å². The number of rotatable bonds is 4. The number of hydrogen-bond donors (Lipinski definition) is 0. The van der Waals surface area contributed by atoms with Gasteiger partial charge in [-0.05, 0) is 43.3 Å². The molecule has 6 nitrogen and oxygen atoms in total. The Morgan fingerprint density at radius 2 is 1.48 bits per heavy atom. The quantitative estimate of drug-likeness (QED) is 0.751. The van der Waals surface area contributed by atoms with Crippen LogP contribution in [-0.4, -0.2) is 56.1 Å². The lowest BCUT2D eigenvalue weighted by atomic mass is 10.2. The van der Waals surface area contributed by atoms with Crippen molar-refractivity contribution in [3.63, 3.8) is 0 Å². The van der Waals surface area contributed by atoms with Crippen molar-refractivity contribution >= 4 is 15.9 Å². The standard InChI is InChI=1S/C19H19F3N2O4S/c1-14-2-8-17(9-3-14)29(26,27)24-12-10-23(11-13-24)18(25)15-4-6-16(7-5-15)28-19(20,21)22/h2-9H,10-13H2,1H3. The van der Waals surface area contributed by atoms with Crippen LogP contribution in [0.25, 0.3) is 0 Å². The Labute approximate surface area is 166 Å². The van der Waals surface area contributed by atoms with Gasteiger partial charge in [-0.1, -0.05) is 17.7 Å². The van der Waals surface area contributed by atoms with Crippen molar-refractivity contribution in [1.82, 2.24) is 9.21 Å². The van der Waals surface area contributed by atoms with Gasteiger partial charge in [-0.15, -0.1) is 13.2 Å². The average molecular weight is 428 g/mol. The van der Waals surface area contributed by atoms with Crippen LogP contribution in [0.3, 0.4) is 0 Å². The minimum Gasteiger partial charge on any atom is -0.406 e. The van der Waals surface area contributed by atoms with Crippen LogP contribution in [0.15, 0.2) is 53.4 Å². The number of amides is 1. The van der Waals surface area contributed by atoms with E-state index in [-0.39, 0.29) is 42.5 Å². The van der Waals surface area contributed by atoms with Crippen molar-refractivity contribution in [2.75, 3.05) is 26.2 Å². The first-order valence-electron chi connectivity index (χ1n) is 8.78. The van der Waals surface area contributed by atoms with E-state index in [0.29, 0.717) is 0 Å². The summed E-state index contributed by atoms with van der Waals surface area (Å²) in [6.07, 6.45) is -4.80. The summed E-state index contributed by atoms with van der Waals surface area (Å²) in [5, 5.41) is 0. The fourth-order valence-electron chi connectivity index (χ4n) is 2.97. The summed E-state index contributed by atoms with van der Waals surface area (Å²) in [6.45, 7) is 2.51. The fraction of sp³-hybridized carbons (Fsp3) is 0.316. The van der Waals surface area contributed by atoms with Crippen LogP contribution in [0.5, 0.6) is 5.75 Å². The summed E-state index contributed by atoms with van der Waals surface area (Å²) < 4.78 is 67.2. The predicted molar refractivity (Wildman–Crippen MR) is 99.0 cm³/mol. The maximum atomic E-state index is 12.7. The van der Waals surface area contributed by atoms with Crippen LogP contribution in [0.4, 0.5) is 13.2 Å². The second-order valence-electron chi connectivity index (χ2n) is 6.58. The molecule has 1 saturated heterocycles. The van der Waals surface area contributed by atoms with Gasteiger partial charge in [0.05, 0.1) is 4.90 Å². The molecule has 0 N–H and O–H groups in total. The Balaban J connectivity index is 1.63. The van der Waals surface area contributed by atoms with E-state index in [1.165, 1.54) is 21.3 Å². The van der Waals surface area contributed by atoms with Crippen LogP contribution < -0.4 is 4.74 Å². The number of benzene rings is 2. The monoisotopic (exact) mass is 428 g/mol. The highest BCUT2D eigenvalue weighted by Gasteiger charge is 2.32. The van der Waals surface area contributed by atoms with Gasteiger partial charge in [0.2, 0.25) is 10.0 Å². The number of piperazine rings is 1. The Hall–Kier alpha value is -2.59. The molecule has 10 heteroatoms. The summed E-state index contributed by atoms with van der Waals surface area (Å²) in [6, 6.07) is 11.2. The number of nitrogens with zero attached hydrogens (tertiary/aromatic N) is 2. The van der Waals surface area contributed by atoms with Crippen molar-refractivity contribution in [2.45, 2.75) is 18.2 Å². The van der Waals surface area contributed by atoms with E-state index in [4.69, 9.17) is 0 Å². The van der Waals surface area contributed by atoms with E-state index in [0.717, 1.165) is 17.7 Å². The highest BCUT2D eigenvalue weighted by molar-refractivity contribution is 7.89. The van der Waals surface area contributed by atoms with Gasteiger partial charge >= 0.3 is 6.36 Å². The number of carbonyl (C=O) groups is 1. The highest BCUT2D eigenvalue weighted by atomic mass is 32.2. The topological polar surface area (TPSA) is 66.9 Å². The number of carbonyl (C=O) groups excluding carboxylic acids is 1. The van der Waals surface area contributed by atoms with Crippen LogP contribution in [-0.2, 0) is 10.0 Å². The molecule has 3 rings (SSSR count). The van der Waals surface area contributed by atoms with Crippen molar-refractivity contribution in [1.29, 1.82) is 0 Å². The molecule has 1 aliphatic heterocycles. The summed E-state index contributed by atoms with van der Waals surface area (Å²) in [7, 11) is -3.64. The molecule has 0 aliphatic carbocycles. The maximum Gasteiger partial charge on any atom is 0.573 e. The fourth-order valence-corrected chi connectivity index (χ4v) is 4.39. The molecule has 0 spiro atoms. The number of hydrogen-bond acceptors (Lipinski definition) is 4. The normalized spacial score (nSPS) is 15.9. The van der Waals surface area contributed by atoms with E-state index >= 15 is 0 Å². The van der Waals surface area contributed by atoms with Crippen molar-refractivity contribution < 1.29 is 31.1 Å². The Kier molecular flexibility index (Phi) is 5.85. The zero-order valence-electron chi connectivity index (χ0n) is 15.5. The molecule has 0 unspecified atom stereocenters. The largest absolute Gasteiger partial charge is 0.573 e.